The van der Waals surface area contributed by atoms with Crippen molar-refractivity contribution in [2.45, 2.75) is 6.92 Å². The van der Waals surface area contributed by atoms with E-state index in [1.165, 1.54) is 0 Å². The molecule has 0 radical (unpaired) electrons. The Balaban J connectivity index is 1.94. The molecule has 4 aromatic rings. The molecule has 4 rings (SSSR count). The van der Waals surface area contributed by atoms with Crippen LogP contribution in [0.5, 0.6) is 0 Å². The Morgan fingerprint density at radius 2 is 1.11 bits per heavy atom. The Morgan fingerprint density at radius 3 is 1.68 bits per heavy atom. The summed E-state index contributed by atoms with van der Waals surface area (Å²) in [7, 11) is 0. The van der Waals surface area contributed by atoms with E-state index in [-0.39, 0.29) is 5.78 Å². The Kier molecular flexibility index (Phi) is 4.77. The van der Waals surface area contributed by atoms with Crippen molar-refractivity contribution in [1.82, 2.24) is 0 Å². The van der Waals surface area contributed by atoms with E-state index >= 15 is 0 Å². The van der Waals surface area contributed by atoms with Crippen LogP contribution in [0.2, 0.25) is 0 Å². The molecule has 0 saturated carbocycles. The zero-order chi connectivity index (χ0) is 19.5. The minimum atomic E-state index is 0.0637. The predicted molar refractivity (Wildman–Crippen MR) is 117 cm³/mol. The van der Waals surface area contributed by atoms with Crippen LogP contribution >= 0.6 is 0 Å². The molecule has 0 atom stereocenters. The quantitative estimate of drug-likeness (QED) is 0.333. The molecule has 28 heavy (non-hydrogen) atoms. The molecular weight excluding hydrogens is 342 g/mol. The van der Waals surface area contributed by atoms with E-state index in [0.29, 0.717) is 5.56 Å². The second-order valence-electron chi connectivity index (χ2n) is 6.81. The first-order valence-electron chi connectivity index (χ1n) is 9.30. The van der Waals surface area contributed by atoms with E-state index in [0.717, 1.165) is 39.1 Å². The third-order valence-corrected chi connectivity index (χ3v) is 5.00. The van der Waals surface area contributed by atoms with E-state index in [4.69, 9.17) is 5.73 Å². The molecule has 0 aromatic heterocycles. The third-order valence-electron chi connectivity index (χ3n) is 5.00. The molecule has 136 valence electrons. The highest BCUT2D eigenvalue weighted by atomic mass is 16.1. The van der Waals surface area contributed by atoms with E-state index in [9.17, 15) is 4.79 Å². The summed E-state index contributed by atoms with van der Waals surface area (Å²) in [6.45, 7) is 1.58. The van der Waals surface area contributed by atoms with Crippen LogP contribution in [0, 0.1) is 0 Å². The van der Waals surface area contributed by atoms with E-state index < -0.39 is 0 Å². The summed E-state index contributed by atoms with van der Waals surface area (Å²) in [6, 6.07) is 32.3. The number of rotatable bonds is 4. The molecule has 0 bridgehead atoms. The molecule has 2 heteroatoms. The van der Waals surface area contributed by atoms with E-state index in [1.807, 2.05) is 60.7 Å². The van der Waals surface area contributed by atoms with Crippen LogP contribution in [0.3, 0.4) is 0 Å². The summed E-state index contributed by atoms with van der Waals surface area (Å²) in [4.78, 5) is 11.6. The lowest BCUT2D eigenvalue weighted by Crippen LogP contribution is -1.98. The molecule has 0 amide bonds. The summed E-state index contributed by atoms with van der Waals surface area (Å²) in [6.07, 6.45) is 0. The number of carbonyl (C=O) groups excluding carboxylic acids is 1. The van der Waals surface area contributed by atoms with Crippen LogP contribution in [-0.2, 0) is 0 Å². The lowest BCUT2D eigenvalue weighted by atomic mass is 9.88. The molecule has 2 N–H and O–H groups in total. The van der Waals surface area contributed by atoms with Crippen molar-refractivity contribution in [1.29, 1.82) is 0 Å². The van der Waals surface area contributed by atoms with Crippen LogP contribution in [0.4, 0.5) is 5.69 Å². The molecule has 0 heterocycles. The Bertz CT molecular complexity index is 1110. The highest BCUT2D eigenvalue weighted by molar-refractivity contribution is 5.99. The van der Waals surface area contributed by atoms with Gasteiger partial charge in [-0.15, -0.1) is 0 Å². The lowest BCUT2D eigenvalue weighted by molar-refractivity contribution is 0.101. The number of Topliss-reactive ketones (excluding diaryl/α,β-unsaturated/α-hetero) is 1. The SMILES string of the molecule is CC(=O)c1ccc(-c2ccc(-c3ccccc3)c(N)c2-c2ccccc2)cc1. The summed E-state index contributed by atoms with van der Waals surface area (Å²) >= 11 is 0. The van der Waals surface area contributed by atoms with Gasteiger partial charge in [0.15, 0.2) is 5.78 Å². The minimum Gasteiger partial charge on any atom is -0.398 e. The second-order valence-corrected chi connectivity index (χ2v) is 6.81. The highest BCUT2D eigenvalue weighted by Crippen LogP contribution is 2.41. The van der Waals surface area contributed by atoms with Gasteiger partial charge in [0, 0.05) is 22.4 Å². The van der Waals surface area contributed by atoms with Crippen molar-refractivity contribution in [2.75, 3.05) is 5.73 Å². The standard InChI is InChI=1S/C26H21NO/c1-18(28)19-12-14-21(15-13-19)23-16-17-24(20-8-4-2-5-9-20)26(27)25(23)22-10-6-3-7-11-22/h2-17H,27H2,1H3. The van der Waals surface area contributed by atoms with E-state index in [2.05, 4.69) is 36.4 Å². The molecule has 0 aliphatic rings. The summed E-state index contributed by atoms with van der Waals surface area (Å²) < 4.78 is 0. The zero-order valence-electron chi connectivity index (χ0n) is 15.7. The number of ketones is 1. The van der Waals surface area contributed by atoms with Crippen LogP contribution in [0.1, 0.15) is 17.3 Å². The average molecular weight is 363 g/mol. The predicted octanol–water partition coefficient (Wildman–Crippen LogP) is 6.47. The molecule has 0 aliphatic carbocycles. The molecule has 2 nitrogen and oxygen atoms in total. The lowest BCUT2D eigenvalue weighted by Gasteiger charge is -2.17. The highest BCUT2D eigenvalue weighted by Gasteiger charge is 2.15. The van der Waals surface area contributed by atoms with Gasteiger partial charge in [-0.2, -0.15) is 0 Å². The summed E-state index contributed by atoms with van der Waals surface area (Å²) in [5.74, 6) is 0.0637. The number of benzene rings is 4. The first kappa shape index (κ1) is 17.7. The maximum atomic E-state index is 11.6. The van der Waals surface area contributed by atoms with Crippen LogP contribution in [0.15, 0.2) is 97.1 Å². The number of nitrogen functional groups attached to an aromatic ring is 1. The van der Waals surface area contributed by atoms with Gasteiger partial charge in [0.25, 0.3) is 0 Å². The monoisotopic (exact) mass is 363 g/mol. The van der Waals surface area contributed by atoms with Gasteiger partial charge >= 0.3 is 0 Å². The van der Waals surface area contributed by atoms with Crippen LogP contribution in [0.25, 0.3) is 33.4 Å². The average Bonchev–Trinajstić information content (AvgIpc) is 2.75. The van der Waals surface area contributed by atoms with Crippen molar-refractivity contribution in [3.05, 3.63) is 103 Å². The van der Waals surface area contributed by atoms with Crippen LogP contribution < -0.4 is 5.73 Å². The first-order chi connectivity index (χ1) is 13.6. The molecular formula is C26H21NO. The largest absolute Gasteiger partial charge is 0.398 e. The maximum Gasteiger partial charge on any atom is 0.159 e. The van der Waals surface area contributed by atoms with Gasteiger partial charge < -0.3 is 5.73 Å². The summed E-state index contributed by atoms with van der Waals surface area (Å²) in [5.41, 5.74) is 14.5. The van der Waals surface area contributed by atoms with Crippen molar-refractivity contribution in [3.63, 3.8) is 0 Å². The Morgan fingerprint density at radius 1 is 0.607 bits per heavy atom. The number of hydrogen-bond acceptors (Lipinski definition) is 2. The third kappa shape index (κ3) is 3.33. The van der Waals surface area contributed by atoms with Gasteiger partial charge in [-0.05, 0) is 29.2 Å². The Hall–Kier alpha value is -3.65. The normalized spacial score (nSPS) is 10.6. The topological polar surface area (TPSA) is 43.1 Å². The smallest absolute Gasteiger partial charge is 0.159 e. The minimum absolute atomic E-state index is 0.0637. The fourth-order valence-electron chi connectivity index (χ4n) is 3.53. The molecule has 0 saturated heterocycles. The summed E-state index contributed by atoms with van der Waals surface area (Å²) in [5, 5.41) is 0. The maximum absolute atomic E-state index is 11.6. The zero-order valence-corrected chi connectivity index (χ0v) is 15.7. The molecule has 0 spiro atoms. The second kappa shape index (κ2) is 7.53. The van der Waals surface area contributed by atoms with Gasteiger partial charge in [0.05, 0.1) is 0 Å². The van der Waals surface area contributed by atoms with Crippen molar-refractivity contribution < 1.29 is 4.79 Å². The number of hydrogen-bond donors (Lipinski definition) is 1. The number of carbonyl (C=O) groups is 1. The van der Waals surface area contributed by atoms with Crippen LogP contribution in [-0.4, -0.2) is 5.78 Å². The molecule has 0 aliphatic heterocycles. The molecule has 4 aromatic carbocycles. The van der Waals surface area contributed by atoms with Gasteiger partial charge in [0.2, 0.25) is 0 Å². The van der Waals surface area contributed by atoms with E-state index in [1.54, 1.807) is 6.92 Å². The molecule has 0 unspecified atom stereocenters. The van der Waals surface area contributed by atoms with Crippen molar-refractivity contribution in [2.24, 2.45) is 0 Å². The van der Waals surface area contributed by atoms with Gasteiger partial charge in [0.1, 0.15) is 0 Å². The van der Waals surface area contributed by atoms with Crippen molar-refractivity contribution >= 4 is 11.5 Å². The fraction of sp³-hybridized carbons (Fsp3) is 0.0385. The Labute approximate surface area is 165 Å². The van der Waals surface area contributed by atoms with Gasteiger partial charge in [-0.1, -0.05) is 97.1 Å². The van der Waals surface area contributed by atoms with Gasteiger partial charge in [-0.3, -0.25) is 4.79 Å². The molecule has 0 fully saturated rings. The fourth-order valence-corrected chi connectivity index (χ4v) is 3.53. The number of nitrogens with two attached hydrogens (primary N) is 1. The first-order valence-corrected chi connectivity index (χ1v) is 9.30. The number of anilines is 1. The van der Waals surface area contributed by atoms with Crippen molar-refractivity contribution in [3.8, 4) is 33.4 Å². The van der Waals surface area contributed by atoms with Gasteiger partial charge in [-0.25, -0.2) is 0 Å².